The van der Waals surface area contributed by atoms with Crippen molar-refractivity contribution in [3.05, 3.63) is 0 Å². The van der Waals surface area contributed by atoms with Gasteiger partial charge in [0.2, 0.25) is 0 Å². The Morgan fingerprint density at radius 2 is 0.559 bits per heavy atom. The molecule has 0 aromatic carbocycles. The van der Waals surface area contributed by atoms with Crippen LogP contribution in [0.5, 0.6) is 0 Å². The first-order valence-corrected chi connectivity index (χ1v) is 19.6. The molecule has 34 heavy (non-hydrogen) atoms. The summed E-state index contributed by atoms with van der Waals surface area (Å²) in [5, 5.41) is 0. The van der Waals surface area contributed by atoms with Gasteiger partial charge in [-0.25, -0.2) is 0 Å². The third kappa shape index (κ3) is 16.9. The molecule has 0 fully saturated rings. The van der Waals surface area contributed by atoms with Crippen LogP contribution >= 0.6 is 0 Å². The van der Waals surface area contributed by atoms with E-state index in [2.05, 4.69) is 41.5 Å². The van der Waals surface area contributed by atoms with Crippen LogP contribution in [0.2, 0.25) is 24.2 Å². The fourth-order valence-corrected chi connectivity index (χ4v) is 11.5. The molecule has 0 bridgehead atoms. The summed E-state index contributed by atoms with van der Waals surface area (Å²) >= 11 is 0. The van der Waals surface area contributed by atoms with E-state index in [1.54, 1.807) is 0 Å². The molecule has 0 spiro atoms. The van der Waals surface area contributed by atoms with Crippen molar-refractivity contribution in [1.29, 1.82) is 0 Å². The summed E-state index contributed by atoms with van der Waals surface area (Å²) in [5.74, 6) is 0. The van der Waals surface area contributed by atoms with E-state index in [-0.39, 0.29) is 0 Å². The van der Waals surface area contributed by atoms with E-state index in [4.69, 9.17) is 17.7 Å². The zero-order valence-electron chi connectivity index (χ0n) is 24.2. The molecule has 0 unspecified atom stereocenters. The largest absolute Gasteiger partial charge is 0.394 e. The summed E-state index contributed by atoms with van der Waals surface area (Å²) in [6.07, 6.45) is 16.5. The summed E-state index contributed by atoms with van der Waals surface area (Å²) in [6.45, 7) is 17.0. The molecule has 0 aliphatic carbocycles. The molecule has 0 radical (unpaired) electrons. The third-order valence-electron chi connectivity index (χ3n) is 6.64. The Labute approximate surface area is 216 Å². The van der Waals surface area contributed by atoms with Crippen molar-refractivity contribution < 1.29 is 17.7 Å². The van der Waals surface area contributed by atoms with Crippen molar-refractivity contribution in [2.24, 2.45) is 0 Å². The second-order valence-electron chi connectivity index (χ2n) is 10.0. The fourth-order valence-electron chi connectivity index (χ4n) is 4.20. The highest BCUT2D eigenvalue weighted by Gasteiger charge is 2.39. The first kappa shape index (κ1) is 34.3. The molecule has 0 heterocycles. The Kier molecular flexibility index (Phi) is 23.8. The minimum Gasteiger partial charge on any atom is -0.394 e. The maximum atomic E-state index is 6.64. The molecular weight excluding hydrogens is 456 g/mol. The van der Waals surface area contributed by atoms with Gasteiger partial charge in [0.05, 0.1) is 0 Å². The summed E-state index contributed by atoms with van der Waals surface area (Å²) in [5.41, 5.74) is 0. The van der Waals surface area contributed by atoms with Crippen LogP contribution in [0.1, 0.15) is 131 Å². The lowest BCUT2D eigenvalue weighted by Gasteiger charge is -2.33. The van der Waals surface area contributed by atoms with Crippen molar-refractivity contribution in [3.8, 4) is 0 Å². The van der Waals surface area contributed by atoms with E-state index in [0.717, 1.165) is 76.3 Å². The van der Waals surface area contributed by atoms with E-state index < -0.39 is 17.1 Å². The zero-order valence-corrected chi connectivity index (χ0v) is 26.2. The van der Waals surface area contributed by atoms with Crippen LogP contribution in [0.3, 0.4) is 0 Å². The van der Waals surface area contributed by atoms with Crippen molar-refractivity contribution in [1.82, 2.24) is 0 Å². The quantitative estimate of drug-likeness (QED) is 0.0801. The van der Waals surface area contributed by atoms with E-state index in [1.165, 1.54) is 64.2 Å². The fraction of sp³-hybridized carbons (Fsp3) is 1.00. The van der Waals surface area contributed by atoms with Gasteiger partial charge in [-0.2, -0.15) is 0 Å². The molecular formula is C28H62O4Si2. The highest BCUT2D eigenvalue weighted by molar-refractivity contribution is 6.68. The minimum atomic E-state index is -2.14. The molecule has 0 aromatic heterocycles. The SMILES string of the molecule is CCCCO[Si](CCCC)(CCCC[Si](CCCC)(OCCCC)OCCCC)OCCCC. The predicted octanol–water partition coefficient (Wildman–Crippen LogP) is 9.52. The zero-order chi connectivity index (χ0) is 25.4. The Bertz CT molecular complexity index is 365. The van der Waals surface area contributed by atoms with Gasteiger partial charge in [0.15, 0.2) is 0 Å². The van der Waals surface area contributed by atoms with Crippen molar-refractivity contribution in [2.75, 3.05) is 26.4 Å². The average molecular weight is 519 g/mol. The Morgan fingerprint density at radius 1 is 0.324 bits per heavy atom. The van der Waals surface area contributed by atoms with Gasteiger partial charge in [-0.15, -0.1) is 0 Å². The molecule has 4 nitrogen and oxygen atoms in total. The van der Waals surface area contributed by atoms with Gasteiger partial charge in [-0.1, -0.05) is 106 Å². The normalized spacial score (nSPS) is 12.5. The number of hydrogen-bond acceptors (Lipinski definition) is 4. The van der Waals surface area contributed by atoms with Gasteiger partial charge < -0.3 is 17.7 Å². The molecule has 206 valence electrons. The lowest BCUT2D eigenvalue weighted by molar-refractivity contribution is 0.157. The molecule has 0 aromatic rings. The van der Waals surface area contributed by atoms with Gasteiger partial charge in [-0.3, -0.25) is 0 Å². The number of rotatable bonds is 27. The van der Waals surface area contributed by atoms with E-state index in [0.29, 0.717) is 0 Å². The monoisotopic (exact) mass is 518 g/mol. The van der Waals surface area contributed by atoms with Crippen LogP contribution in [0.15, 0.2) is 0 Å². The molecule has 0 atom stereocenters. The highest BCUT2D eigenvalue weighted by atomic mass is 28.4. The lowest BCUT2D eigenvalue weighted by atomic mass is 10.4. The lowest BCUT2D eigenvalue weighted by Crippen LogP contribution is -2.44. The Morgan fingerprint density at radius 3 is 0.794 bits per heavy atom. The van der Waals surface area contributed by atoms with E-state index >= 15 is 0 Å². The smallest absolute Gasteiger partial charge is 0.338 e. The second kappa shape index (κ2) is 23.7. The number of unbranched alkanes of at least 4 members (excludes halogenated alkanes) is 7. The van der Waals surface area contributed by atoms with Gasteiger partial charge in [0.1, 0.15) is 0 Å². The van der Waals surface area contributed by atoms with Crippen LogP contribution < -0.4 is 0 Å². The standard InChI is InChI=1S/C28H62O4Si2/c1-7-13-21-29-33(25-17-11-5,30-22-14-8-2)27-19-20-28-34(26-18-12-6,31-23-15-9-3)32-24-16-10-4/h7-28H2,1-6H3. The average Bonchev–Trinajstić information content (AvgIpc) is 2.84. The van der Waals surface area contributed by atoms with Crippen LogP contribution in [0.4, 0.5) is 0 Å². The summed E-state index contributed by atoms with van der Waals surface area (Å²) in [6, 6.07) is 4.55. The van der Waals surface area contributed by atoms with Crippen molar-refractivity contribution in [3.63, 3.8) is 0 Å². The van der Waals surface area contributed by atoms with Gasteiger partial charge in [0.25, 0.3) is 0 Å². The molecule has 0 rings (SSSR count). The van der Waals surface area contributed by atoms with Crippen LogP contribution in [-0.2, 0) is 17.7 Å². The molecule has 0 N–H and O–H groups in total. The van der Waals surface area contributed by atoms with Crippen molar-refractivity contribution >= 4 is 17.1 Å². The summed E-state index contributed by atoms with van der Waals surface area (Å²) in [7, 11) is -4.28. The first-order valence-electron chi connectivity index (χ1n) is 15.1. The summed E-state index contributed by atoms with van der Waals surface area (Å²) < 4.78 is 26.6. The van der Waals surface area contributed by atoms with Crippen LogP contribution in [0, 0.1) is 0 Å². The third-order valence-corrected chi connectivity index (χ3v) is 14.0. The predicted molar refractivity (Wildman–Crippen MR) is 153 cm³/mol. The maximum Gasteiger partial charge on any atom is 0.338 e. The van der Waals surface area contributed by atoms with Crippen LogP contribution in [-0.4, -0.2) is 43.5 Å². The number of hydrogen-bond donors (Lipinski definition) is 0. The van der Waals surface area contributed by atoms with Gasteiger partial charge in [0, 0.05) is 26.4 Å². The topological polar surface area (TPSA) is 36.9 Å². The highest BCUT2D eigenvalue weighted by Crippen LogP contribution is 2.30. The molecule has 6 heteroatoms. The summed E-state index contributed by atoms with van der Waals surface area (Å²) in [4.78, 5) is 0. The van der Waals surface area contributed by atoms with E-state index in [9.17, 15) is 0 Å². The Balaban J connectivity index is 5.20. The first-order chi connectivity index (χ1) is 16.6. The Hall–Kier alpha value is 0.274. The van der Waals surface area contributed by atoms with Crippen LogP contribution in [0.25, 0.3) is 0 Å². The molecule has 0 saturated heterocycles. The maximum absolute atomic E-state index is 6.64. The van der Waals surface area contributed by atoms with Gasteiger partial charge >= 0.3 is 17.1 Å². The minimum absolute atomic E-state index is 0.869. The molecule has 0 saturated carbocycles. The molecule has 0 aliphatic heterocycles. The van der Waals surface area contributed by atoms with E-state index in [1.807, 2.05) is 0 Å². The molecule has 0 amide bonds. The van der Waals surface area contributed by atoms with Gasteiger partial charge in [-0.05, 0) is 49.9 Å². The van der Waals surface area contributed by atoms with Crippen molar-refractivity contribution in [2.45, 2.75) is 156 Å². The second-order valence-corrected chi connectivity index (χ2v) is 16.8. The molecule has 0 aliphatic rings.